The molecule has 2 aliphatic rings. The maximum absolute atomic E-state index is 12.1. The molecule has 24 heavy (non-hydrogen) atoms. The zero-order valence-electron chi connectivity index (χ0n) is 14.6. The van der Waals surface area contributed by atoms with E-state index in [1.807, 2.05) is 24.3 Å². The van der Waals surface area contributed by atoms with Gasteiger partial charge in [0.25, 0.3) is 0 Å². The summed E-state index contributed by atoms with van der Waals surface area (Å²) in [5.74, 6) is 1.69. The molecule has 5 heteroatoms. The van der Waals surface area contributed by atoms with Crippen LogP contribution in [0.15, 0.2) is 24.3 Å². The molecule has 0 radical (unpaired) electrons. The molecular formula is C19H29N3O2. The number of urea groups is 1. The average Bonchev–Trinajstić information content (AvgIpc) is 2.59. The van der Waals surface area contributed by atoms with Crippen molar-refractivity contribution in [2.75, 3.05) is 32.8 Å². The first-order valence-corrected chi connectivity index (χ1v) is 9.21. The fourth-order valence-electron chi connectivity index (χ4n) is 3.70. The number of fused-ring (bicyclic) bond motifs is 1. The highest BCUT2D eigenvalue weighted by molar-refractivity contribution is 5.74. The molecule has 0 bridgehead atoms. The molecule has 1 saturated heterocycles. The van der Waals surface area contributed by atoms with Gasteiger partial charge in [-0.05, 0) is 44.3 Å². The lowest BCUT2D eigenvalue weighted by Crippen LogP contribution is -2.41. The number of hydrogen-bond acceptors (Lipinski definition) is 3. The van der Waals surface area contributed by atoms with Crippen LogP contribution in [-0.2, 0) is 0 Å². The first kappa shape index (κ1) is 17.1. The lowest BCUT2D eigenvalue weighted by molar-refractivity contribution is 0.181. The highest BCUT2D eigenvalue weighted by Crippen LogP contribution is 2.31. The summed E-state index contributed by atoms with van der Waals surface area (Å²) >= 11 is 0. The van der Waals surface area contributed by atoms with Crippen molar-refractivity contribution in [3.05, 3.63) is 29.8 Å². The SMILES string of the molecule is C[C@@H]1CCCN(CCCNC(=O)N[C@H]2CCOc3ccccc32)C1. The van der Waals surface area contributed by atoms with Gasteiger partial charge in [0.05, 0.1) is 12.6 Å². The maximum Gasteiger partial charge on any atom is 0.315 e. The molecule has 2 atom stereocenters. The number of hydrogen-bond donors (Lipinski definition) is 2. The fraction of sp³-hybridized carbons (Fsp3) is 0.632. The Hall–Kier alpha value is -1.75. The number of carbonyl (C=O) groups is 1. The van der Waals surface area contributed by atoms with Crippen molar-refractivity contribution in [3.63, 3.8) is 0 Å². The van der Waals surface area contributed by atoms with Gasteiger partial charge in [0.15, 0.2) is 0 Å². The van der Waals surface area contributed by atoms with Crippen molar-refractivity contribution in [2.45, 2.75) is 38.6 Å². The fourth-order valence-corrected chi connectivity index (χ4v) is 3.70. The van der Waals surface area contributed by atoms with E-state index < -0.39 is 0 Å². The summed E-state index contributed by atoms with van der Waals surface area (Å²) in [6.07, 6.45) is 4.47. The van der Waals surface area contributed by atoms with Crippen LogP contribution in [-0.4, -0.2) is 43.7 Å². The van der Waals surface area contributed by atoms with Crippen molar-refractivity contribution >= 4 is 6.03 Å². The molecule has 1 aromatic carbocycles. The quantitative estimate of drug-likeness (QED) is 0.816. The molecule has 0 saturated carbocycles. The molecule has 1 aromatic rings. The number of piperidine rings is 1. The van der Waals surface area contributed by atoms with Gasteiger partial charge in [0, 0.05) is 25.1 Å². The number of nitrogens with one attached hydrogen (secondary N) is 2. The topological polar surface area (TPSA) is 53.6 Å². The summed E-state index contributed by atoms with van der Waals surface area (Å²) in [6.45, 7) is 7.17. The molecule has 0 aromatic heterocycles. The molecular weight excluding hydrogens is 302 g/mol. The minimum Gasteiger partial charge on any atom is -0.493 e. The number of carbonyl (C=O) groups excluding carboxylic acids is 1. The van der Waals surface area contributed by atoms with Crippen LogP contribution in [0.3, 0.4) is 0 Å². The highest BCUT2D eigenvalue weighted by Gasteiger charge is 2.22. The monoisotopic (exact) mass is 331 g/mol. The maximum atomic E-state index is 12.1. The van der Waals surface area contributed by atoms with Gasteiger partial charge in [0.2, 0.25) is 0 Å². The predicted octanol–water partition coefficient (Wildman–Crippen LogP) is 2.93. The minimum absolute atomic E-state index is 0.0397. The van der Waals surface area contributed by atoms with E-state index in [2.05, 4.69) is 22.5 Å². The Morgan fingerprint density at radius 1 is 1.33 bits per heavy atom. The van der Waals surface area contributed by atoms with Crippen molar-refractivity contribution in [1.82, 2.24) is 15.5 Å². The van der Waals surface area contributed by atoms with Gasteiger partial charge in [-0.15, -0.1) is 0 Å². The molecule has 0 spiro atoms. The van der Waals surface area contributed by atoms with E-state index in [1.54, 1.807) is 0 Å². The van der Waals surface area contributed by atoms with Gasteiger partial charge < -0.3 is 20.3 Å². The van der Waals surface area contributed by atoms with Crippen LogP contribution in [0.5, 0.6) is 5.75 Å². The Morgan fingerprint density at radius 2 is 2.21 bits per heavy atom. The van der Waals surface area contributed by atoms with Crippen molar-refractivity contribution in [1.29, 1.82) is 0 Å². The van der Waals surface area contributed by atoms with E-state index in [-0.39, 0.29) is 12.1 Å². The largest absolute Gasteiger partial charge is 0.493 e. The summed E-state index contributed by atoms with van der Waals surface area (Å²) < 4.78 is 5.63. The van der Waals surface area contributed by atoms with Crippen LogP contribution < -0.4 is 15.4 Å². The van der Waals surface area contributed by atoms with Gasteiger partial charge in [-0.25, -0.2) is 4.79 Å². The minimum atomic E-state index is -0.0799. The van der Waals surface area contributed by atoms with Crippen LogP contribution in [0.2, 0.25) is 0 Å². The predicted molar refractivity (Wildman–Crippen MR) is 95.3 cm³/mol. The molecule has 1 fully saturated rings. The first-order chi connectivity index (χ1) is 11.7. The van der Waals surface area contributed by atoms with Gasteiger partial charge in [-0.2, -0.15) is 0 Å². The Kier molecular flexibility index (Phi) is 5.96. The van der Waals surface area contributed by atoms with E-state index in [4.69, 9.17) is 4.74 Å². The normalized spacial score (nSPS) is 23.9. The molecule has 2 aliphatic heterocycles. The van der Waals surface area contributed by atoms with E-state index in [1.165, 1.54) is 25.9 Å². The van der Waals surface area contributed by atoms with E-state index >= 15 is 0 Å². The van der Waals surface area contributed by atoms with Crippen LogP contribution >= 0.6 is 0 Å². The summed E-state index contributed by atoms with van der Waals surface area (Å²) in [4.78, 5) is 14.7. The molecule has 2 heterocycles. The second kappa shape index (κ2) is 8.38. The number of nitrogens with zero attached hydrogens (tertiary/aromatic N) is 1. The summed E-state index contributed by atoms with van der Waals surface area (Å²) in [6, 6.07) is 7.89. The van der Waals surface area contributed by atoms with Crippen LogP contribution in [0, 0.1) is 5.92 Å². The zero-order valence-corrected chi connectivity index (χ0v) is 14.6. The summed E-state index contributed by atoms with van der Waals surface area (Å²) in [7, 11) is 0. The first-order valence-electron chi connectivity index (χ1n) is 9.21. The number of ether oxygens (including phenoxy) is 1. The molecule has 0 aliphatic carbocycles. The third-order valence-electron chi connectivity index (χ3n) is 4.94. The van der Waals surface area contributed by atoms with Crippen molar-refractivity contribution < 1.29 is 9.53 Å². The molecule has 132 valence electrons. The van der Waals surface area contributed by atoms with Gasteiger partial charge in [-0.1, -0.05) is 25.1 Å². The van der Waals surface area contributed by atoms with Crippen LogP contribution in [0.4, 0.5) is 4.79 Å². The van der Waals surface area contributed by atoms with Gasteiger partial charge >= 0.3 is 6.03 Å². The Labute approximate surface area is 144 Å². The Bertz CT molecular complexity index is 549. The third-order valence-corrected chi connectivity index (χ3v) is 4.94. The van der Waals surface area contributed by atoms with E-state index in [0.717, 1.165) is 43.2 Å². The average molecular weight is 331 g/mol. The molecule has 2 amide bonds. The van der Waals surface area contributed by atoms with Crippen molar-refractivity contribution in [2.24, 2.45) is 5.92 Å². The van der Waals surface area contributed by atoms with Crippen LogP contribution in [0.25, 0.3) is 0 Å². The van der Waals surface area contributed by atoms with E-state index in [0.29, 0.717) is 6.61 Å². The van der Waals surface area contributed by atoms with E-state index in [9.17, 15) is 4.79 Å². The molecule has 0 unspecified atom stereocenters. The Balaban J connectivity index is 1.37. The van der Waals surface area contributed by atoms with Crippen LogP contribution in [0.1, 0.15) is 44.2 Å². The highest BCUT2D eigenvalue weighted by atomic mass is 16.5. The number of likely N-dealkylation sites (tertiary alicyclic amines) is 1. The van der Waals surface area contributed by atoms with Gasteiger partial charge in [0.1, 0.15) is 5.75 Å². The number of amides is 2. The lowest BCUT2D eigenvalue weighted by Gasteiger charge is -2.30. The number of rotatable bonds is 5. The Morgan fingerprint density at radius 3 is 3.08 bits per heavy atom. The molecule has 2 N–H and O–H groups in total. The number of benzene rings is 1. The summed E-state index contributed by atoms with van der Waals surface area (Å²) in [5.41, 5.74) is 1.07. The molecule has 3 rings (SSSR count). The van der Waals surface area contributed by atoms with Gasteiger partial charge in [-0.3, -0.25) is 0 Å². The lowest BCUT2D eigenvalue weighted by atomic mass is 10.0. The second-order valence-corrected chi connectivity index (χ2v) is 7.03. The summed E-state index contributed by atoms with van der Waals surface area (Å²) in [5, 5.41) is 6.07. The zero-order chi connectivity index (χ0) is 16.8. The standard InChI is InChI=1S/C19H29N3O2/c1-15-6-4-11-22(14-15)12-5-10-20-19(23)21-17-9-13-24-18-8-3-2-7-16(17)18/h2-3,7-8,15,17H,4-6,9-14H2,1H3,(H2,20,21,23)/t15-,17+/m1/s1. The third kappa shape index (κ3) is 4.63. The molecule has 5 nitrogen and oxygen atoms in total. The second-order valence-electron chi connectivity index (χ2n) is 7.03. The van der Waals surface area contributed by atoms with Crippen molar-refractivity contribution in [3.8, 4) is 5.75 Å². The number of para-hydroxylation sites is 1. The smallest absolute Gasteiger partial charge is 0.315 e.